The summed E-state index contributed by atoms with van der Waals surface area (Å²) in [4.78, 5) is 2.33. The van der Waals surface area contributed by atoms with E-state index in [1.165, 1.54) is 5.56 Å². The van der Waals surface area contributed by atoms with Gasteiger partial charge < -0.3 is 9.64 Å². The Labute approximate surface area is 109 Å². The topological polar surface area (TPSA) is 38.2 Å². The van der Waals surface area contributed by atoms with Crippen molar-refractivity contribution in [2.45, 2.75) is 45.1 Å². The van der Waals surface area contributed by atoms with Crippen LogP contribution in [0.15, 0.2) is 12.3 Å². The van der Waals surface area contributed by atoms with Crippen molar-refractivity contribution < 1.29 is 4.74 Å². The van der Waals surface area contributed by atoms with Gasteiger partial charge in [-0.05, 0) is 30.9 Å². The molecule has 0 amide bonds. The van der Waals surface area contributed by atoms with Crippen LogP contribution in [0, 0.1) is 0 Å². The molecule has 1 aromatic rings. The Hall–Kier alpha value is -1.16. The number of nitrogens with zero attached hydrogens (tertiary/aromatic N) is 3. The Morgan fingerprint density at radius 1 is 1.28 bits per heavy atom. The second kappa shape index (κ2) is 5.22. The van der Waals surface area contributed by atoms with Gasteiger partial charge in [0.05, 0.1) is 6.20 Å². The van der Waals surface area contributed by atoms with Crippen LogP contribution in [-0.2, 0) is 5.41 Å². The average Bonchev–Trinajstić information content (AvgIpc) is 2.31. The lowest BCUT2D eigenvalue weighted by Gasteiger charge is -2.29. The van der Waals surface area contributed by atoms with Crippen LogP contribution in [0.2, 0.25) is 0 Å². The molecule has 1 saturated heterocycles. The molecule has 2 rings (SSSR count). The van der Waals surface area contributed by atoms with Crippen molar-refractivity contribution >= 4 is 0 Å². The van der Waals surface area contributed by atoms with E-state index < -0.39 is 0 Å². The summed E-state index contributed by atoms with van der Waals surface area (Å²) < 4.78 is 5.94. The number of likely N-dealkylation sites (tertiary alicyclic amines) is 1. The molecule has 0 unspecified atom stereocenters. The molecule has 2 heterocycles. The molecule has 1 aliphatic rings. The van der Waals surface area contributed by atoms with Crippen molar-refractivity contribution in [3.05, 3.63) is 17.8 Å². The highest BCUT2D eigenvalue weighted by atomic mass is 16.5. The zero-order valence-corrected chi connectivity index (χ0v) is 11.8. The molecule has 0 aliphatic carbocycles. The zero-order valence-electron chi connectivity index (χ0n) is 11.8. The number of piperidine rings is 1. The third kappa shape index (κ3) is 3.42. The highest BCUT2D eigenvalue weighted by molar-refractivity contribution is 5.23. The minimum absolute atomic E-state index is 0.0842. The SMILES string of the molecule is CN1CCC(Oc2cc(C(C)(C)C)cnn2)CC1. The number of ether oxygens (including phenoxy) is 1. The summed E-state index contributed by atoms with van der Waals surface area (Å²) in [5.41, 5.74) is 1.25. The van der Waals surface area contributed by atoms with Gasteiger partial charge in [-0.25, -0.2) is 0 Å². The highest BCUT2D eigenvalue weighted by Crippen LogP contribution is 2.24. The molecule has 0 N–H and O–H groups in total. The third-order valence-corrected chi connectivity index (χ3v) is 3.45. The van der Waals surface area contributed by atoms with E-state index in [2.05, 4.69) is 42.9 Å². The van der Waals surface area contributed by atoms with Gasteiger partial charge >= 0.3 is 0 Å². The summed E-state index contributed by atoms with van der Waals surface area (Å²) in [6, 6.07) is 2.02. The predicted molar refractivity (Wildman–Crippen MR) is 71.9 cm³/mol. The Bertz CT molecular complexity index is 392. The van der Waals surface area contributed by atoms with Gasteiger partial charge in [0.2, 0.25) is 5.88 Å². The highest BCUT2D eigenvalue weighted by Gasteiger charge is 2.20. The first-order valence-electron chi connectivity index (χ1n) is 6.63. The zero-order chi connectivity index (χ0) is 13.2. The van der Waals surface area contributed by atoms with Crippen LogP contribution in [0.4, 0.5) is 0 Å². The first kappa shape index (κ1) is 13.3. The minimum atomic E-state index is 0.0842. The second-order valence-corrected chi connectivity index (χ2v) is 6.15. The molecule has 0 bridgehead atoms. The second-order valence-electron chi connectivity index (χ2n) is 6.15. The molecule has 1 fully saturated rings. The minimum Gasteiger partial charge on any atom is -0.473 e. The molecule has 18 heavy (non-hydrogen) atoms. The van der Waals surface area contributed by atoms with Gasteiger partial charge in [-0.15, -0.1) is 5.10 Å². The first-order chi connectivity index (χ1) is 8.45. The molecule has 0 radical (unpaired) electrons. The summed E-state index contributed by atoms with van der Waals surface area (Å²) in [5.74, 6) is 0.664. The van der Waals surface area contributed by atoms with Gasteiger partial charge in [0, 0.05) is 19.2 Å². The maximum Gasteiger partial charge on any atom is 0.233 e. The smallest absolute Gasteiger partial charge is 0.233 e. The first-order valence-corrected chi connectivity index (χ1v) is 6.63. The molecular formula is C14H23N3O. The lowest BCUT2D eigenvalue weighted by atomic mass is 9.89. The summed E-state index contributed by atoms with van der Waals surface area (Å²) in [6.45, 7) is 8.70. The summed E-state index contributed by atoms with van der Waals surface area (Å²) in [6.07, 6.45) is 4.24. The van der Waals surface area contributed by atoms with Crippen molar-refractivity contribution in [2.75, 3.05) is 20.1 Å². The van der Waals surface area contributed by atoms with Crippen LogP contribution in [0.25, 0.3) is 0 Å². The maximum atomic E-state index is 5.94. The molecule has 0 spiro atoms. The number of hydrogen-bond acceptors (Lipinski definition) is 4. The van der Waals surface area contributed by atoms with E-state index in [1.807, 2.05) is 12.3 Å². The van der Waals surface area contributed by atoms with Gasteiger partial charge in [0.1, 0.15) is 6.10 Å². The molecule has 100 valence electrons. The van der Waals surface area contributed by atoms with E-state index in [9.17, 15) is 0 Å². The Balaban J connectivity index is 2.01. The normalized spacial score (nSPS) is 18.9. The number of hydrogen-bond donors (Lipinski definition) is 0. The summed E-state index contributed by atoms with van der Waals surface area (Å²) in [7, 11) is 2.15. The van der Waals surface area contributed by atoms with Crippen LogP contribution in [0.5, 0.6) is 5.88 Å². The van der Waals surface area contributed by atoms with E-state index in [1.54, 1.807) is 0 Å². The van der Waals surface area contributed by atoms with Crippen LogP contribution in [0.3, 0.4) is 0 Å². The van der Waals surface area contributed by atoms with Gasteiger partial charge in [-0.2, -0.15) is 5.10 Å². The fourth-order valence-corrected chi connectivity index (χ4v) is 2.09. The molecule has 1 aromatic heterocycles. The molecular weight excluding hydrogens is 226 g/mol. The summed E-state index contributed by atoms with van der Waals surface area (Å²) in [5, 5.41) is 8.13. The standard InChI is InChI=1S/C14H23N3O/c1-14(2,3)11-9-13(16-15-10-11)18-12-5-7-17(4)8-6-12/h9-10,12H,5-8H2,1-4H3. The van der Waals surface area contributed by atoms with Crippen LogP contribution in [-0.4, -0.2) is 41.3 Å². The summed E-state index contributed by atoms with van der Waals surface area (Å²) >= 11 is 0. The Kier molecular flexibility index (Phi) is 3.85. The predicted octanol–water partition coefficient (Wildman–Crippen LogP) is 2.25. The van der Waals surface area contributed by atoms with Crippen LogP contribution < -0.4 is 4.74 Å². The van der Waals surface area contributed by atoms with Crippen molar-refractivity contribution in [2.24, 2.45) is 0 Å². The fourth-order valence-electron chi connectivity index (χ4n) is 2.09. The molecule has 1 aliphatic heterocycles. The van der Waals surface area contributed by atoms with Crippen molar-refractivity contribution in [1.29, 1.82) is 0 Å². The maximum absolute atomic E-state index is 5.94. The molecule has 0 saturated carbocycles. The largest absolute Gasteiger partial charge is 0.473 e. The number of rotatable bonds is 2. The van der Waals surface area contributed by atoms with Gasteiger partial charge in [0.25, 0.3) is 0 Å². The quantitative estimate of drug-likeness (QED) is 0.805. The van der Waals surface area contributed by atoms with Gasteiger partial charge in [-0.1, -0.05) is 20.8 Å². The van der Waals surface area contributed by atoms with Crippen LogP contribution in [0.1, 0.15) is 39.2 Å². The molecule has 4 heteroatoms. The molecule has 0 aromatic carbocycles. The van der Waals surface area contributed by atoms with Crippen molar-refractivity contribution in [1.82, 2.24) is 15.1 Å². The van der Waals surface area contributed by atoms with E-state index in [4.69, 9.17) is 4.74 Å². The average molecular weight is 249 g/mol. The van der Waals surface area contributed by atoms with Crippen molar-refractivity contribution in [3.63, 3.8) is 0 Å². The monoisotopic (exact) mass is 249 g/mol. The van der Waals surface area contributed by atoms with Crippen LogP contribution >= 0.6 is 0 Å². The third-order valence-electron chi connectivity index (χ3n) is 3.45. The molecule has 4 nitrogen and oxygen atoms in total. The lowest BCUT2D eigenvalue weighted by Crippen LogP contribution is -2.35. The fraction of sp³-hybridized carbons (Fsp3) is 0.714. The Morgan fingerprint density at radius 3 is 2.56 bits per heavy atom. The van der Waals surface area contributed by atoms with Gasteiger partial charge in [-0.3, -0.25) is 0 Å². The van der Waals surface area contributed by atoms with E-state index in [0.717, 1.165) is 25.9 Å². The Morgan fingerprint density at radius 2 is 1.94 bits per heavy atom. The van der Waals surface area contributed by atoms with Crippen molar-refractivity contribution in [3.8, 4) is 5.88 Å². The molecule has 0 atom stereocenters. The van der Waals surface area contributed by atoms with E-state index in [0.29, 0.717) is 5.88 Å². The lowest BCUT2D eigenvalue weighted by molar-refractivity contribution is 0.109. The van der Waals surface area contributed by atoms with E-state index in [-0.39, 0.29) is 11.5 Å². The van der Waals surface area contributed by atoms with Gasteiger partial charge in [0.15, 0.2) is 0 Å². The van der Waals surface area contributed by atoms with E-state index >= 15 is 0 Å². The number of aromatic nitrogens is 2.